The smallest absolute Gasteiger partial charge is 0.341 e. The fourth-order valence-electron chi connectivity index (χ4n) is 6.28. The van der Waals surface area contributed by atoms with Gasteiger partial charge in [-0.3, -0.25) is 4.79 Å². The zero-order valence-corrected chi connectivity index (χ0v) is 22.4. The van der Waals surface area contributed by atoms with E-state index in [2.05, 4.69) is 25.2 Å². The minimum Gasteiger partial charge on any atom is -0.477 e. The molecule has 5 heterocycles. The number of rotatable bonds is 4. The number of H-pyrrole nitrogens is 1. The van der Waals surface area contributed by atoms with Crippen LogP contribution in [0, 0.1) is 11.2 Å². The Morgan fingerprint density at radius 3 is 2.75 bits per heavy atom. The summed E-state index contributed by atoms with van der Waals surface area (Å²) in [7, 11) is 3.35. The van der Waals surface area contributed by atoms with Gasteiger partial charge in [-0.2, -0.15) is 0 Å². The summed E-state index contributed by atoms with van der Waals surface area (Å²) in [6.07, 6.45) is 6.46. The van der Waals surface area contributed by atoms with E-state index in [9.17, 15) is 14.7 Å². The van der Waals surface area contributed by atoms with Gasteiger partial charge in [-0.1, -0.05) is 11.6 Å². The molecule has 5 N–H and O–H groups in total. The first kappa shape index (κ1) is 24.8. The molecule has 0 radical (unpaired) electrons. The lowest BCUT2D eigenvalue weighted by atomic mass is 10.0. The number of halogens is 2. The predicted octanol–water partition coefficient (Wildman–Crippen LogP) is 4.09. The van der Waals surface area contributed by atoms with Crippen LogP contribution in [0.15, 0.2) is 35.5 Å². The number of aromatic amines is 1. The molecule has 1 aliphatic heterocycles. The number of benzene rings is 1. The number of carbonyl (C=O) groups is 1. The van der Waals surface area contributed by atoms with E-state index < -0.39 is 17.2 Å². The van der Waals surface area contributed by atoms with Crippen molar-refractivity contribution >= 4 is 61.9 Å². The summed E-state index contributed by atoms with van der Waals surface area (Å²) in [4.78, 5) is 39.6. The van der Waals surface area contributed by atoms with E-state index in [-0.39, 0.29) is 27.4 Å². The van der Waals surface area contributed by atoms with Crippen molar-refractivity contribution < 1.29 is 14.3 Å². The Balaban J connectivity index is 1.56. The molecule has 2 atom stereocenters. The molecule has 1 aromatic carbocycles. The van der Waals surface area contributed by atoms with Gasteiger partial charge >= 0.3 is 5.97 Å². The summed E-state index contributed by atoms with van der Waals surface area (Å²) < 4.78 is 16.6. The summed E-state index contributed by atoms with van der Waals surface area (Å²) in [5.41, 5.74) is 9.49. The Labute approximate surface area is 231 Å². The zero-order chi connectivity index (χ0) is 28.1. The van der Waals surface area contributed by atoms with E-state index in [1.807, 2.05) is 0 Å². The number of nitrogens with one attached hydrogen (secondary N) is 2. The molecule has 10 nitrogen and oxygen atoms in total. The maximum absolute atomic E-state index is 15.0. The molecule has 1 saturated heterocycles. The van der Waals surface area contributed by atoms with Gasteiger partial charge in [0.2, 0.25) is 5.43 Å². The second-order valence-corrected chi connectivity index (χ2v) is 11.2. The minimum absolute atomic E-state index is 0.0194. The summed E-state index contributed by atoms with van der Waals surface area (Å²) in [6.45, 7) is 1.44. The van der Waals surface area contributed by atoms with Gasteiger partial charge < -0.3 is 30.6 Å². The number of aromatic carboxylic acids is 1. The highest BCUT2D eigenvalue weighted by Gasteiger charge is 2.56. The van der Waals surface area contributed by atoms with Crippen LogP contribution in [0.2, 0.25) is 5.02 Å². The lowest BCUT2D eigenvalue weighted by Gasteiger charge is -2.24. The molecular weight excluding hydrogens is 537 g/mol. The molecule has 40 heavy (non-hydrogen) atoms. The summed E-state index contributed by atoms with van der Waals surface area (Å²) in [5.74, 6) is -1.87. The normalized spacial score (nSPS) is 20.3. The number of anilines is 2. The third-order valence-electron chi connectivity index (χ3n) is 8.54. The topological polar surface area (TPSA) is 142 Å². The molecule has 12 heteroatoms. The van der Waals surface area contributed by atoms with E-state index in [1.165, 1.54) is 16.8 Å². The molecule has 2 fully saturated rings. The Morgan fingerprint density at radius 1 is 1.30 bits per heavy atom. The van der Waals surface area contributed by atoms with Crippen molar-refractivity contribution in [1.82, 2.24) is 19.5 Å². The highest BCUT2D eigenvalue weighted by atomic mass is 35.5. The summed E-state index contributed by atoms with van der Waals surface area (Å²) >= 11 is 6.61. The standard InChI is InChI=1S/C28H25ClFN7O3/c1-32-17-6-16(30)21(29)19-20-23(37-4-3-28(11-37)7-18(28)31)14(9-33-25(20)35-22(17)19)12-5-13-24(38)15(27(39)40)10-36(2)26(13)34-8-12/h5-6,8-10,18,32H,3-4,7,11,31H2,1-2H3,(H,33,35)(H,39,40)/t18-,28+/m0/s1. The fraction of sp³-hybridized carbons (Fsp3) is 0.286. The lowest BCUT2D eigenvalue weighted by Crippen LogP contribution is -2.23. The van der Waals surface area contributed by atoms with Crippen LogP contribution < -0.4 is 21.4 Å². The Bertz CT molecular complexity index is 1990. The van der Waals surface area contributed by atoms with Crippen LogP contribution in [0.4, 0.5) is 15.8 Å². The summed E-state index contributed by atoms with van der Waals surface area (Å²) in [6, 6.07) is 3.12. The number of hydrogen-bond acceptors (Lipinski definition) is 7. The van der Waals surface area contributed by atoms with Gasteiger partial charge in [0.05, 0.1) is 32.7 Å². The second kappa shape index (κ2) is 8.39. The van der Waals surface area contributed by atoms with Gasteiger partial charge in [-0.25, -0.2) is 19.2 Å². The highest BCUT2D eigenvalue weighted by Crippen LogP contribution is 2.54. The summed E-state index contributed by atoms with van der Waals surface area (Å²) in [5, 5.41) is 13.9. The van der Waals surface area contributed by atoms with Crippen molar-refractivity contribution in [3.63, 3.8) is 0 Å². The maximum Gasteiger partial charge on any atom is 0.341 e. The van der Waals surface area contributed by atoms with Gasteiger partial charge in [-0.15, -0.1) is 0 Å². The first-order valence-electron chi connectivity index (χ1n) is 12.9. The molecule has 0 unspecified atom stereocenters. The van der Waals surface area contributed by atoms with E-state index in [1.54, 1.807) is 32.6 Å². The Hall–Kier alpha value is -4.22. The average molecular weight is 562 g/mol. The maximum atomic E-state index is 15.0. The highest BCUT2D eigenvalue weighted by molar-refractivity contribution is 6.39. The van der Waals surface area contributed by atoms with Crippen molar-refractivity contribution in [2.24, 2.45) is 18.2 Å². The Kier molecular flexibility index (Phi) is 5.20. The number of carboxylic acid groups (broad SMARTS) is 1. The number of carboxylic acids is 1. The van der Waals surface area contributed by atoms with Gasteiger partial charge in [0.25, 0.3) is 0 Å². The van der Waals surface area contributed by atoms with E-state index in [4.69, 9.17) is 17.3 Å². The molecule has 204 valence electrons. The number of pyridine rings is 3. The van der Waals surface area contributed by atoms with Crippen LogP contribution in [0.5, 0.6) is 0 Å². The number of nitrogens with two attached hydrogens (primary N) is 1. The fourth-order valence-corrected chi connectivity index (χ4v) is 6.52. The van der Waals surface area contributed by atoms with Crippen molar-refractivity contribution in [2.75, 3.05) is 30.4 Å². The predicted molar refractivity (Wildman–Crippen MR) is 153 cm³/mol. The monoisotopic (exact) mass is 561 g/mol. The molecule has 0 amide bonds. The van der Waals surface area contributed by atoms with Gasteiger partial charge in [0.15, 0.2) is 0 Å². The van der Waals surface area contributed by atoms with Gasteiger partial charge in [0, 0.05) is 79.8 Å². The molecule has 5 aromatic rings. The first-order valence-corrected chi connectivity index (χ1v) is 13.2. The largest absolute Gasteiger partial charge is 0.477 e. The molecule has 4 aromatic heterocycles. The molecule has 1 saturated carbocycles. The number of fused-ring (bicyclic) bond motifs is 4. The zero-order valence-electron chi connectivity index (χ0n) is 21.7. The minimum atomic E-state index is -1.31. The van der Waals surface area contributed by atoms with Crippen LogP contribution in [0.25, 0.3) is 44.1 Å². The van der Waals surface area contributed by atoms with E-state index in [0.29, 0.717) is 50.9 Å². The van der Waals surface area contributed by atoms with Crippen LogP contribution in [-0.4, -0.2) is 56.8 Å². The van der Waals surface area contributed by atoms with Gasteiger partial charge in [-0.05, 0) is 18.9 Å². The SMILES string of the molecule is CNc1cc(F)c(Cl)c2c1[nH]c1ncc(-c3cnc4c(c3)c(=O)c(C(=O)O)cn4C)c(N3CC[C@@]4(C[C@@H]4N)C3)c12. The molecule has 1 spiro atoms. The average Bonchev–Trinajstić information content (AvgIpc) is 3.25. The molecule has 2 aliphatic rings. The molecule has 1 aliphatic carbocycles. The van der Waals surface area contributed by atoms with E-state index >= 15 is 4.39 Å². The van der Waals surface area contributed by atoms with Crippen LogP contribution in [-0.2, 0) is 7.05 Å². The van der Waals surface area contributed by atoms with Crippen LogP contribution >= 0.6 is 11.6 Å². The third-order valence-corrected chi connectivity index (χ3v) is 8.91. The lowest BCUT2D eigenvalue weighted by molar-refractivity contribution is 0.0695. The molecule has 0 bridgehead atoms. The first-order chi connectivity index (χ1) is 19.1. The van der Waals surface area contributed by atoms with E-state index in [0.717, 1.165) is 25.1 Å². The molecular formula is C28H25ClFN7O3. The third kappa shape index (κ3) is 3.37. The Morgan fingerprint density at radius 2 is 2.08 bits per heavy atom. The number of aryl methyl sites for hydroxylation is 1. The van der Waals surface area contributed by atoms with Crippen LogP contribution in [0.1, 0.15) is 23.2 Å². The second-order valence-electron chi connectivity index (χ2n) is 10.8. The van der Waals surface area contributed by atoms with Crippen molar-refractivity contribution in [2.45, 2.75) is 18.9 Å². The number of hydrogen-bond donors (Lipinski definition) is 4. The quantitative estimate of drug-likeness (QED) is 0.257. The van der Waals surface area contributed by atoms with Crippen LogP contribution in [0.3, 0.4) is 0 Å². The molecule has 7 rings (SSSR count). The van der Waals surface area contributed by atoms with Crippen molar-refractivity contribution in [1.29, 1.82) is 0 Å². The van der Waals surface area contributed by atoms with Crippen molar-refractivity contribution in [3.05, 3.63) is 57.3 Å². The van der Waals surface area contributed by atoms with Crippen molar-refractivity contribution in [3.8, 4) is 11.1 Å². The number of nitrogens with zero attached hydrogens (tertiary/aromatic N) is 4. The number of aromatic nitrogens is 4. The van der Waals surface area contributed by atoms with Gasteiger partial charge in [0.1, 0.15) is 22.7 Å².